The molecule has 27 heavy (non-hydrogen) atoms. The van der Waals surface area contributed by atoms with Crippen molar-refractivity contribution in [3.05, 3.63) is 66.0 Å². The maximum absolute atomic E-state index is 12.6. The fourth-order valence-corrected chi connectivity index (χ4v) is 3.63. The first kappa shape index (κ1) is 18.6. The third-order valence-electron chi connectivity index (χ3n) is 3.75. The monoisotopic (exact) mass is 385 g/mol. The number of hydrogen-bond acceptors (Lipinski definition) is 7. The highest BCUT2D eigenvalue weighted by Gasteiger charge is 2.18. The van der Waals surface area contributed by atoms with Crippen molar-refractivity contribution in [1.82, 2.24) is 15.2 Å². The van der Waals surface area contributed by atoms with Crippen LogP contribution in [0, 0.1) is 6.92 Å². The van der Waals surface area contributed by atoms with Crippen LogP contribution in [0.2, 0.25) is 0 Å². The van der Waals surface area contributed by atoms with E-state index in [-0.39, 0.29) is 10.7 Å². The van der Waals surface area contributed by atoms with E-state index in [1.165, 1.54) is 13.2 Å². The number of aryl methyl sites for hydroxylation is 1. The van der Waals surface area contributed by atoms with E-state index in [0.717, 1.165) is 5.69 Å². The highest BCUT2D eigenvalue weighted by molar-refractivity contribution is 7.92. The van der Waals surface area contributed by atoms with Gasteiger partial charge in [-0.2, -0.15) is 0 Å². The van der Waals surface area contributed by atoms with Gasteiger partial charge in [0.05, 0.1) is 24.2 Å². The normalized spacial score (nSPS) is 11.0. The van der Waals surface area contributed by atoms with Gasteiger partial charge in [0.25, 0.3) is 10.0 Å². The molecule has 0 radical (unpaired) electrons. The fraction of sp³-hybridized carbons (Fsp3) is 0.167. The summed E-state index contributed by atoms with van der Waals surface area (Å²) in [6.07, 6.45) is 1.71. The van der Waals surface area contributed by atoms with Crippen molar-refractivity contribution in [2.45, 2.75) is 18.4 Å². The zero-order chi connectivity index (χ0) is 19.3. The summed E-state index contributed by atoms with van der Waals surface area (Å²) >= 11 is 0. The topological polar surface area (TPSA) is 106 Å². The van der Waals surface area contributed by atoms with Crippen LogP contribution < -0.4 is 14.8 Å². The largest absolute Gasteiger partial charge is 0.497 e. The van der Waals surface area contributed by atoms with E-state index in [1.54, 1.807) is 37.4 Å². The molecule has 2 heterocycles. The number of nitrogens with zero attached hydrogens (tertiary/aromatic N) is 3. The molecule has 0 fully saturated rings. The summed E-state index contributed by atoms with van der Waals surface area (Å²) in [6.45, 7) is 2.19. The lowest BCUT2D eigenvalue weighted by atomic mass is 10.2. The lowest BCUT2D eigenvalue weighted by Crippen LogP contribution is -2.15. The quantitative estimate of drug-likeness (QED) is 0.644. The van der Waals surface area contributed by atoms with Crippen molar-refractivity contribution >= 4 is 21.7 Å². The van der Waals surface area contributed by atoms with Crippen LogP contribution in [0.15, 0.2) is 59.6 Å². The number of ether oxygens (including phenoxy) is 1. The van der Waals surface area contributed by atoms with Gasteiger partial charge < -0.3 is 10.1 Å². The Morgan fingerprint density at radius 1 is 1.04 bits per heavy atom. The summed E-state index contributed by atoms with van der Waals surface area (Å²) in [5.41, 5.74) is 1.43. The van der Waals surface area contributed by atoms with Crippen LogP contribution in [0.1, 0.15) is 11.3 Å². The van der Waals surface area contributed by atoms with Gasteiger partial charge in [-0.15, -0.1) is 10.2 Å². The summed E-state index contributed by atoms with van der Waals surface area (Å²) in [6, 6.07) is 13.6. The first-order valence-electron chi connectivity index (χ1n) is 8.13. The molecule has 0 bridgehead atoms. The number of pyridine rings is 1. The molecule has 0 amide bonds. The molecule has 0 saturated heterocycles. The van der Waals surface area contributed by atoms with Gasteiger partial charge in [0, 0.05) is 6.20 Å². The maximum Gasteiger partial charge on any atom is 0.263 e. The molecule has 0 aliphatic heterocycles. The van der Waals surface area contributed by atoms with E-state index < -0.39 is 10.0 Å². The lowest BCUT2D eigenvalue weighted by Gasteiger charge is -2.11. The maximum atomic E-state index is 12.6. The molecule has 3 aromatic rings. The zero-order valence-electron chi connectivity index (χ0n) is 14.9. The molecule has 8 nitrogen and oxygen atoms in total. The number of hydrogen-bond donors (Lipinski definition) is 2. The zero-order valence-corrected chi connectivity index (χ0v) is 15.7. The molecule has 9 heteroatoms. The molecule has 0 spiro atoms. The van der Waals surface area contributed by atoms with E-state index in [9.17, 15) is 8.42 Å². The Labute approximate surface area is 157 Å². The van der Waals surface area contributed by atoms with Crippen LogP contribution in [0.3, 0.4) is 0 Å². The Bertz CT molecular complexity index is 1010. The summed E-state index contributed by atoms with van der Waals surface area (Å²) in [7, 11) is -2.25. The van der Waals surface area contributed by atoms with Gasteiger partial charge >= 0.3 is 0 Å². The molecule has 140 valence electrons. The Morgan fingerprint density at radius 3 is 2.44 bits per heavy atom. The second-order valence-electron chi connectivity index (χ2n) is 5.72. The lowest BCUT2D eigenvalue weighted by molar-refractivity contribution is 0.414. The standard InChI is InChI=1S/C18H19N5O3S/c1-13-11-15(26-2)6-7-16(13)27(24,25)23-18-9-8-17(21-22-18)20-12-14-5-3-4-10-19-14/h3-11H,12H2,1-2H3,(H,20,21)(H,22,23). The SMILES string of the molecule is COc1ccc(S(=O)(=O)Nc2ccc(NCc3ccccn3)nn2)c(C)c1. The summed E-state index contributed by atoms with van der Waals surface area (Å²) in [4.78, 5) is 4.36. The van der Waals surface area contributed by atoms with E-state index >= 15 is 0 Å². The Kier molecular flexibility index (Phi) is 5.51. The van der Waals surface area contributed by atoms with Crippen molar-refractivity contribution in [1.29, 1.82) is 0 Å². The summed E-state index contributed by atoms with van der Waals surface area (Å²) in [5.74, 6) is 1.24. The second kappa shape index (κ2) is 8.00. The highest BCUT2D eigenvalue weighted by atomic mass is 32.2. The van der Waals surface area contributed by atoms with Crippen LogP contribution in [0.4, 0.5) is 11.6 Å². The predicted octanol–water partition coefficient (Wildman–Crippen LogP) is 2.60. The van der Waals surface area contributed by atoms with Crippen LogP contribution in [-0.4, -0.2) is 30.7 Å². The number of rotatable bonds is 7. The first-order chi connectivity index (χ1) is 13.0. The van der Waals surface area contributed by atoms with Gasteiger partial charge in [-0.1, -0.05) is 6.07 Å². The number of aromatic nitrogens is 3. The van der Waals surface area contributed by atoms with E-state index in [0.29, 0.717) is 23.7 Å². The number of benzene rings is 1. The van der Waals surface area contributed by atoms with Crippen molar-refractivity contribution in [3.8, 4) is 5.75 Å². The summed E-state index contributed by atoms with van der Waals surface area (Å²) in [5, 5.41) is 11.0. The highest BCUT2D eigenvalue weighted by Crippen LogP contribution is 2.22. The number of nitrogens with one attached hydrogen (secondary N) is 2. The molecular formula is C18H19N5O3S. The summed E-state index contributed by atoms with van der Waals surface area (Å²) < 4.78 is 32.7. The molecule has 0 saturated carbocycles. The van der Waals surface area contributed by atoms with Crippen molar-refractivity contribution in [2.75, 3.05) is 17.1 Å². The van der Waals surface area contributed by atoms with Crippen molar-refractivity contribution in [2.24, 2.45) is 0 Å². The van der Waals surface area contributed by atoms with Gasteiger partial charge in [0.15, 0.2) is 5.82 Å². The Balaban J connectivity index is 1.68. The average Bonchev–Trinajstić information content (AvgIpc) is 2.67. The minimum absolute atomic E-state index is 0.133. The van der Waals surface area contributed by atoms with Gasteiger partial charge in [-0.25, -0.2) is 8.42 Å². The number of sulfonamides is 1. The van der Waals surface area contributed by atoms with Crippen LogP contribution in [0.25, 0.3) is 0 Å². The molecule has 0 unspecified atom stereocenters. The van der Waals surface area contributed by atoms with Crippen LogP contribution in [0.5, 0.6) is 5.75 Å². The fourth-order valence-electron chi connectivity index (χ4n) is 2.41. The molecule has 0 aliphatic rings. The third kappa shape index (κ3) is 4.70. The van der Waals surface area contributed by atoms with Crippen molar-refractivity contribution < 1.29 is 13.2 Å². The predicted molar refractivity (Wildman–Crippen MR) is 102 cm³/mol. The van der Waals surface area contributed by atoms with Gasteiger partial charge in [-0.05, 0) is 55.0 Å². The molecular weight excluding hydrogens is 366 g/mol. The van der Waals surface area contributed by atoms with Crippen molar-refractivity contribution in [3.63, 3.8) is 0 Å². The minimum Gasteiger partial charge on any atom is -0.497 e. The molecule has 3 rings (SSSR count). The number of anilines is 2. The van der Waals surface area contributed by atoms with E-state index in [4.69, 9.17) is 4.74 Å². The molecule has 0 atom stereocenters. The van der Waals surface area contributed by atoms with Crippen LogP contribution >= 0.6 is 0 Å². The molecule has 1 aromatic carbocycles. The second-order valence-corrected chi connectivity index (χ2v) is 7.37. The van der Waals surface area contributed by atoms with Gasteiger partial charge in [0.2, 0.25) is 0 Å². The Morgan fingerprint density at radius 2 is 1.81 bits per heavy atom. The molecule has 0 aliphatic carbocycles. The van der Waals surface area contributed by atoms with E-state index in [1.807, 2.05) is 18.2 Å². The molecule has 2 aromatic heterocycles. The van der Waals surface area contributed by atoms with Crippen LogP contribution in [-0.2, 0) is 16.6 Å². The van der Waals surface area contributed by atoms with E-state index in [2.05, 4.69) is 25.2 Å². The minimum atomic E-state index is -3.78. The third-order valence-corrected chi connectivity index (χ3v) is 5.27. The smallest absolute Gasteiger partial charge is 0.263 e. The van der Waals surface area contributed by atoms with Gasteiger partial charge in [0.1, 0.15) is 11.6 Å². The first-order valence-corrected chi connectivity index (χ1v) is 9.61. The average molecular weight is 385 g/mol. The number of methoxy groups -OCH3 is 1. The van der Waals surface area contributed by atoms with Gasteiger partial charge in [-0.3, -0.25) is 9.71 Å². The molecule has 2 N–H and O–H groups in total. The Hall–Kier alpha value is -3.20.